The molecule has 0 spiro atoms. The van der Waals surface area contributed by atoms with Crippen LogP contribution in [0.3, 0.4) is 0 Å². The fourth-order valence-corrected chi connectivity index (χ4v) is 2.54. The minimum Gasteiger partial charge on any atom is -0.490 e. The van der Waals surface area contributed by atoms with Crippen molar-refractivity contribution >= 4 is 40.8 Å². The quantitative estimate of drug-likeness (QED) is 0.341. The number of halogens is 3. The Balaban J connectivity index is 2.57. The van der Waals surface area contributed by atoms with Crippen molar-refractivity contribution in [3.63, 3.8) is 0 Å². The van der Waals surface area contributed by atoms with Crippen LogP contribution in [0.25, 0.3) is 0 Å². The summed E-state index contributed by atoms with van der Waals surface area (Å²) in [5.41, 5.74) is 0.321. The third kappa shape index (κ3) is 6.33. The van der Waals surface area contributed by atoms with E-state index in [2.05, 4.69) is 0 Å². The molecule has 0 aromatic heterocycles. The Morgan fingerprint density at radius 1 is 1.10 bits per heavy atom. The van der Waals surface area contributed by atoms with E-state index in [1.165, 1.54) is 12.1 Å². The fraction of sp³-hybridized carbons (Fsp3) is 0.533. The Labute approximate surface area is 140 Å². The summed E-state index contributed by atoms with van der Waals surface area (Å²) in [4.78, 5) is 11.6. The molecule has 0 aliphatic carbocycles. The Hall–Kier alpha value is -0.640. The van der Waals surface area contributed by atoms with Gasteiger partial charge in [-0.25, -0.2) is 4.79 Å². The highest BCUT2D eigenvalue weighted by atomic mass is 35.5. The van der Waals surface area contributed by atoms with E-state index in [9.17, 15) is 4.79 Å². The van der Waals surface area contributed by atoms with Gasteiger partial charge >= 0.3 is 5.97 Å². The first kappa shape index (κ1) is 18.4. The van der Waals surface area contributed by atoms with Crippen LogP contribution in [0.4, 0.5) is 0 Å². The largest absolute Gasteiger partial charge is 0.490 e. The molecule has 0 aliphatic heterocycles. The van der Waals surface area contributed by atoms with E-state index in [1.54, 1.807) is 6.92 Å². The first-order chi connectivity index (χ1) is 10.1. The SMILES string of the molecule is CCOC(=O)c1cc(Cl)c(OCCCCCCCl)c(Cl)c1. The van der Waals surface area contributed by atoms with Crippen molar-refractivity contribution in [3.8, 4) is 5.75 Å². The van der Waals surface area contributed by atoms with Crippen molar-refractivity contribution in [1.29, 1.82) is 0 Å². The average Bonchev–Trinajstić information content (AvgIpc) is 2.45. The Kier molecular flexibility index (Phi) is 8.90. The van der Waals surface area contributed by atoms with Gasteiger partial charge in [0.15, 0.2) is 5.75 Å². The highest BCUT2D eigenvalue weighted by Crippen LogP contribution is 2.34. The lowest BCUT2D eigenvalue weighted by Crippen LogP contribution is -2.05. The molecule has 21 heavy (non-hydrogen) atoms. The van der Waals surface area contributed by atoms with Crippen molar-refractivity contribution in [3.05, 3.63) is 27.7 Å². The molecule has 1 aromatic carbocycles. The lowest BCUT2D eigenvalue weighted by atomic mass is 10.2. The minimum atomic E-state index is -0.450. The zero-order valence-corrected chi connectivity index (χ0v) is 14.2. The fourth-order valence-electron chi connectivity index (χ4n) is 1.75. The normalized spacial score (nSPS) is 10.5. The zero-order chi connectivity index (χ0) is 15.7. The third-order valence-electron chi connectivity index (χ3n) is 2.78. The number of alkyl halides is 1. The van der Waals surface area contributed by atoms with Gasteiger partial charge in [0, 0.05) is 5.88 Å². The summed E-state index contributed by atoms with van der Waals surface area (Å²) in [6.07, 6.45) is 4.04. The van der Waals surface area contributed by atoms with Gasteiger partial charge in [-0.1, -0.05) is 36.0 Å². The number of benzene rings is 1. The Morgan fingerprint density at radius 3 is 2.29 bits per heavy atom. The van der Waals surface area contributed by atoms with E-state index in [1.807, 2.05) is 0 Å². The van der Waals surface area contributed by atoms with Gasteiger partial charge in [-0.3, -0.25) is 0 Å². The van der Waals surface area contributed by atoms with Gasteiger partial charge in [0.05, 0.1) is 28.8 Å². The zero-order valence-electron chi connectivity index (χ0n) is 12.0. The lowest BCUT2D eigenvalue weighted by Gasteiger charge is -2.11. The number of esters is 1. The van der Waals surface area contributed by atoms with Crippen LogP contribution in [0.2, 0.25) is 10.0 Å². The monoisotopic (exact) mass is 352 g/mol. The number of rotatable bonds is 9. The molecule has 0 atom stereocenters. The Morgan fingerprint density at radius 2 is 1.71 bits per heavy atom. The predicted molar refractivity (Wildman–Crippen MR) is 87.1 cm³/mol. The molecule has 0 amide bonds. The number of carbonyl (C=O) groups excluding carboxylic acids is 1. The van der Waals surface area contributed by atoms with Crippen LogP contribution >= 0.6 is 34.8 Å². The van der Waals surface area contributed by atoms with Crippen LogP contribution in [0, 0.1) is 0 Å². The summed E-state index contributed by atoms with van der Waals surface area (Å²) < 4.78 is 10.5. The van der Waals surface area contributed by atoms with Gasteiger partial charge in [0.1, 0.15) is 0 Å². The van der Waals surface area contributed by atoms with Gasteiger partial charge in [0.2, 0.25) is 0 Å². The maximum atomic E-state index is 11.6. The van der Waals surface area contributed by atoms with Gasteiger partial charge in [-0.15, -0.1) is 11.6 Å². The van der Waals surface area contributed by atoms with Crippen molar-refractivity contribution in [2.45, 2.75) is 32.6 Å². The lowest BCUT2D eigenvalue weighted by molar-refractivity contribution is 0.0526. The Bertz CT molecular complexity index is 440. The summed E-state index contributed by atoms with van der Waals surface area (Å²) in [6, 6.07) is 3.02. The van der Waals surface area contributed by atoms with Gasteiger partial charge < -0.3 is 9.47 Å². The third-order valence-corrected chi connectivity index (χ3v) is 3.61. The smallest absolute Gasteiger partial charge is 0.338 e. The molecule has 1 aromatic rings. The molecule has 1 rings (SSSR count). The average molecular weight is 354 g/mol. The molecule has 0 radical (unpaired) electrons. The number of unbranched alkanes of at least 4 members (excludes halogenated alkanes) is 3. The number of hydrogen-bond donors (Lipinski definition) is 0. The molecule has 0 bridgehead atoms. The second-order valence-corrected chi connectivity index (χ2v) is 5.63. The van der Waals surface area contributed by atoms with Crippen LogP contribution in [-0.4, -0.2) is 25.1 Å². The number of carbonyl (C=O) groups is 1. The van der Waals surface area contributed by atoms with Crippen molar-refractivity contribution in [2.24, 2.45) is 0 Å². The van der Waals surface area contributed by atoms with E-state index in [0.717, 1.165) is 25.7 Å². The molecule has 0 unspecified atom stereocenters. The van der Waals surface area contributed by atoms with E-state index in [-0.39, 0.29) is 0 Å². The van der Waals surface area contributed by atoms with Crippen LogP contribution in [0.5, 0.6) is 5.75 Å². The second kappa shape index (κ2) is 10.1. The molecule has 0 fully saturated rings. The van der Waals surface area contributed by atoms with E-state index >= 15 is 0 Å². The summed E-state index contributed by atoms with van der Waals surface area (Å²) in [7, 11) is 0. The molecule has 0 saturated carbocycles. The molecular formula is C15H19Cl3O3. The van der Waals surface area contributed by atoms with Gasteiger partial charge in [-0.2, -0.15) is 0 Å². The summed E-state index contributed by atoms with van der Waals surface area (Å²) >= 11 is 17.8. The minimum absolute atomic E-state index is 0.300. The van der Waals surface area contributed by atoms with Crippen LogP contribution in [-0.2, 0) is 4.74 Å². The topological polar surface area (TPSA) is 35.5 Å². The first-order valence-corrected chi connectivity index (χ1v) is 8.24. The molecule has 0 aliphatic rings. The molecule has 6 heteroatoms. The van der Waals surface area contributed by atoms with Crippen molar-refractivity contribution in [1.82, 2.24) is 0 Å². The van der Waals surface area contributed by atoms with E-state index in [4.69, 9.17) is 44.3 Å². The highest BCUT2D eigenvalue weighted by Gasteiger charge is 2.14. The van der Waals surface area contributed by atoms with Gasteiger partial charge in [0.25, 0.3) is 0 Å². The molecule has 0 saturated heterocycles. The summed E-state index contributed by atoms with van der Waals surface area (Å²) in [5.74, 6) is 0.644. The summed E-state index contributed by atoms with van der Waals surface area (Å²) in [6.45, 7) is 2.57. The van der Waals surface area contributed by atoms with Gasteiger partial charge in [-0.05, 0) is 31.9 Å². The molecular weight excluding hydrogens is 335 g/mol. The number of hydrogen-bond acceptors (Lipinski definition) is 3. The maximum absolute atomic E-state index is 11.6. The summed E-state index contributed by atoms with van der Waals surface area (Å²) in [5, 5.41) is 0.623. The maximum Gasteiger partial charge on any atom is 0.338 e. The highest BCUT2D eigenvalue weighted by molar-refractivity contribution is 6.37. The van der Waals surface area contributed by atoms with E-state index in [0.29, 0.717) is 40.5 Å². The molecule has 0 heterocycles. The van der Waals surface area contributed by atoms with Crippen molar-refractivity contribution in [2.75, 3.05) is 19.1 Å². The number of ether oxygens (including phenoxy) is 2. The molecule has 0 N–H and O–H groups in total. The van der Waals surface area contributed by atoms with Crippen LogP contribution in [0.1, 0.15) is 43.0 Å². The van der Waals surface area contributed by atoms with Crippen LogP contribution < -0.4 is 4.74 Å². The second-order valence-electron chi connectivity index (χ2n) is 4.44. The molecule has 118 valence electrons. The van der Waals surface area contributed by atoms with Crippen LogP contribution in [0.15, 0.2) is 12.1 Å². The van der Waals surface area contributed by atoms with E-state index < -0.39 is 5.97 Å². The standard InChI is InChI=1S/C15H19Cl3O3/c1-2-20-15(19)11-9-12(17)14(13(18)10-11)21-8-6-4-3-5-7-16/h9-10H,2-8H2,1H3. The predicted octanol–water partition coefficient (Wildman–Crippen LogP) is 5.35. The molecule has 3 nitrogen and oxygen atoms in total. The van der Waals surface area contributed by atoms with Crippen molar-refractivity contribution < 1.29 is 14.3 Å². The first-order valence-electron chi connectivity index (χ1n) is 6.95.